The van der Waals surface area contributed by atoms with Gasteiger partial charge in [0, 0.05) is 39.3 Å². The first-order valence-electron chi connectivity index (χ1n) is 10.1. The smallest absolute Gasteiger partial charge is 0.173 e. The van der Waals surface area contributed by atoms with Gasteiger partial charge in [-0.3, -0.25) is 9.80 Å². The van der Waals surface area contributed by atoms with Crippen molar-refractivity contribution in [3.63, 3.8) is 0 Å². The monoisotopic (exact) mass is 370 g/mol. The lowest BCUT2D eigenvalue weighted by Crippen LogP contribution is -2.51. The van der Waals surface area contributed by atoms with E-state index in [1.807, 2.05) is 4.68 Å². The van der Waals surface area contributed by atoms with E-state index >= 15 is 0 Å². The van der Waals surface area contributed by atoms with Crippen molar-refractivity contribution < 1.29 is 4.74 Å². The van der Waals surface area contributed by atoms with Crippen LogP contribution in [-0.2, 0) is 11.3 Å². The minimum atomic E-state index is 0.0868. The SMILES string of the molecule is COCCn1nnnc1[C@H](c1ccccc1)N1CCN(C2CCCC2)CC1. The molecule has 0 spiro atoms. The highest BCUT2D eigenvalue weighted by molar-refractivity contribution is 5.25. The van der Waals surface area contributed by atoms with Crippen LogP contribution in [0.5, 0.6) is 0 Å². The molecule has 4 rings (SSSR count). The van der Waals surface area contributed by atoms with Crippen LogP contribution in [0.25, 0.3) is 0 Å². The zero-order valence-corrected chi connectivity index (χ0v) is 16.2. The molecule has 0 radical (unpaired) electrons. The number of methoxy groups -OCH3 is 1. The van der Waals surface area contributed by atoms with Crippen LogP contribution < -0.4 is 0 Å². The van der Waals surface area contributed by atoms with E-state index in [1.54, 1.807) is 7.11 Å². The maximum atomic E-state index is 5.24. The van der Waals surface area contributed by atoms with Crippen LogP contribution >= 0.6 is 0 Å². The van der Waals surface area contributed by atoms with E-state index in [4.69, 9.17) is 4.74 Å². The number of benzene rings is 1. The molecule has 7 heteroatoms. The molecule has 1 aliphatic carbocycles. The molecular weight excluding hydrogens is 340 g/mol. The molecule has 0 bridgehead atoms. The van der Waals surface area contributed by atoms with E-state index < -0.39 is 0 Å². The number of ether oxygens (including phenoxy) is 1. The number of hydrogen-bond acceptors (Lipinski definition) is 6. The summed E-state index contributed by atoms with van der Waals surface area (Å²) in [5.74, 6) is 0.910. The van der Waals surface area contributed by atoms with Crippen LogP contribution in [-0.4, -0.2) is 75.9 Å². The number of piperazine rings is 1. The van der Waals surface area contributed by atoms with E-state index in [0.29, 0.717) is 13.2 Å². The molecule has 1 atom stereocenters. The second-order valence-corrected chi connectivity index (χ2v) is 7.58. The van der Waals surface area contributed by atoms with Crippen molar-refractivity contribution in [1.29, 1.82) is 0 Å². The number of aromatic nitrogens is 4. The van der Waals surface area contributed by atoms with Crippen LogP contribution in [0.1, 0.15) is 43.1 Å². The standard InChI is InChI=1S/C20H30N6O/c1-27-16-15-26-20(21-22-23-26)19(17-7-3-2-4-8-17)25-13-11-24(12-14-25)18-9-5-6-10-18/h2-4,7-8,18-19H,5-6,9-16H2,1H3/t19-/m0/s1. The lowest BCUT2D eigenvalue weighted by atomic mass is 10.0. The normalized spacial score (nSPS) is 20.9. The van der Waals surface area contributed by atoms with E-state index in [1.165, 1.54) is 31.2 Å². The molecule has 0 unspecified atom stereocenters. The summed E-state index contributed by atoms with van der Waals surface area (Å²) in [6, 6.07) is 11.5. The van der Waals surface area contributed by atoms with Crippen molar-refractivity contribution in [2.75, 3.05) is 39.9 Å². The first-order valence-corrected chi connectivity index (χ1v) is 10.1. The fourth-order valence-corrected chi connectivity index (χ4v) is 4.53. The molecule has 2 fully saturated rings. The quantitative estimate of drug-likeness (QED) is 0.743. The zero-order chi connectivity index (χ0) is 18.5. The summed E-state index contributed by atoms with van der Waals surface area (Å²) in [6.07, 6.45) is 5.53. The van der Waals surface area contributed by atoms with Gasteiger partial charge in [-0.2, -0.15) is 0 Å². The Hall–Kier alpha value is -1.83. The van der Waals surface area contributed by atoms with Crippen molar-refractivity contribution in [1.82, 2.24) is 30.0 Å². The molecular formula is C20H30N6O. The first kappa shape index (κ1) is 18.5. The summed E-state index contributed by atoms with van der Waals surface area (Å²) in [5, 5.41) is 12.6. The van der Waals surface area contributed by atoms with Crippen LogP contribution in [0.2, 0.25) is 0 Å². The van der Waals surface area contributed by atoms with E-state index in [9.17, 15) is 0 Å². The lowest BCUT2D eigenvalue weighted by Gasteiger charge is -2.41. The average Bonchev–Trinajstić information content (AvgIpc) is 3.41. The Morgan fingerprint density at radius 1 is 1.07 bits per heavy atom. The molecule has 1 aromatic carbocycles. The fourth-order valence-electron chi connectivity index (χ4n) is 4.53. The first-order chi connectivity index (χ1) is 13.4. The van der Waals surface area contributed by atoms with Gasteiger partial charge >= 0.3 is 0 Å². The second kappa shape index (κ2) is 8.91. The van der Waals surface area contributed by atoms with Gasteiger partial charge in [-0.15, -0.1) is 5.10 Å². The molecule has 2 heterocycles. The molecule has 27 heavy (non-hydrogen) atoms. The Bertz CT molecular complexity index is 692. The molecule has 0 amide bonds. The molecule has 1 saturated heterocycles. The summed E-state index contributed by atoms with van der Waals surface area (Å²) in [7, 11) is 1.71. The summed E-state index contributed by atoms with van der Waals surface area (Å²) in [6.45, 7) is 5.64. The molecule has 2 aliphatic rings. The lowest BCUT2D eigenvalue weighted by molar-refractivity contribution is 0.0763. The van der Waals surface area contributed by atoms with Gasteiger partial charge in [0.1, 0.15) is 0 Å². The van der Waals surface area contributed by atoms with Gasteiger partial charge in [-0.05, 0) is 28.8 Å². The van der Waals surface area contributed by atoms with Crippen molar-refractivity contribution >= 4 is 0 Å². The van der Waals surface area contributed by atoms with Gasteiger partial charge in [0.25, 0.3) is 0 Å². The molecule has 1 aliphatic heterocycles. The summed E-state index contributed by atoms with van der Waals surface area (Å²) < 4.78 is 7.13. The maximum Gasteiger partial charge on any atom is 0.173 e. The van der Waals surface area contributed by atoms with E-state index in [-0.39, 0.29) is 6.04 Å². The van der Waals surface area contributed by atoms with Crippen molar-refractivity contribution in [2.45, 2.75) is 44.3 Å². The molecule has 0 N–H and O–H groups in total. The Kier molecular flexibility index (Phi) is 6.11. The van der Waals surface area contributed by atoms with Crippen LogP contribution in [0, 0.1) is 0 Å². The van der Waals surface area contributed by atoms with Crippen molar-refractivity contribution in [2.24, 2.45) is 0 Å². The number of hydrogen-bond donors (Lipinski definition) is 0. The molecule has 7 nitrogen and oxygen atoms in total. The van der Waals surface area contributed by atoms with Crippen molar-refractivity contribution in [3.05, 3.63) is 41.7 Å². The summed E-state index contributed by atoms with van der Waals surface area (Å²) in [5.41, 5.74) is 1.25. The Morgan fingerprint density at radius 3 is 2.52 bits per heavy atom. The third-order valence-corrected chi connectivity index (χ3v) is 5.98. The average molecular weight is 371 g/mol. The maximum absolute atomic E-state index is 5.24. The van der Waals surface area contributed by atoms with Crippen LogP contribution in [0.4, 0.5) is 0 Å². The predicted octanol–water partition coefficient (Wildman–Crippen LogP) is 1.97. The third-order valence-electron chi connectivity index (χ3n) is 5.98. The highest BCUT2D eigenvalue weighted by Crippen LogP contribution is 2.30. The zero-order valence-electron chi connectivity index (χ0n) is 16.2. The van der Waals surface area contributed by atoms with Gasteiger partial charge in [-0.25, -0.2) is 4.68 Å². The van der Waals surface area contributed by atoms with Gasteiger partial charge in [0.05, 0.1) is 19.2 Å². The van der Waals surface area contributed by atoms with Gasteiger partial charge < -0.3 is 4.74 Å². The minimum absolute atomic E-state index is 0.0868. The number of nitrogens with zero attached hydrogens (tertiary/aromatic N) is 6. The summed E-state index contributed by atoms with van der Waals surface area (Å²) in [4.78, 5) is 5.23. The van der Waals surface area contributed by atoms with Gasteiger partial charge in [0.15, 0.2) is 5.82 Å². The van der Waals surface area contributed by atoms with Gasteiger partial charge in [0.2, 0.25) is 0 Å². The van der Waals surface area contributed by atoms with E-state index in [2.05, 4.69) is 55.7 Å². The second-order valence-electron chi connectivity index (χ2n) is 7.58. The molecule has 146 valence electrons. The van der Waals surface area contributed by atoms with Crippen LogP contribution in [0.3, 0.4) is 0 Å². The summed E-state index contributed by atoms with van der Waals surface area (Å²) >= 11 is 0. The third kappa shape index (κ3) is 4.20. The molecule has 1 saturated carbocycles. The molecule has 2 aromatic rings. The topological polar surface area (TPSA) is 59.3 Å². The number of rotatable bonds is 7. The fraction of sp³-hybridized carbons (Fsp3) is 0.650. The number of tetrazole rings is 1. The molecule has 1 aromatic heterocycles. The largest absolute Gasteiger partial charge is 0.383 e. The van der Waals surface area contributed by atoms with Gasteiger partial charge in [-0.1, -0.05) is 43.2 Å². The van der Waals surface area contributed by atoms with E-state index in [0.717, 1.165) is 38.0 Å². The van der Waals surface area contributed by atoms with Crippen molar-refractivity contribution in [3.8, 4) is 0 Å². The highest BCUT2D eigenvalue weighted by Gasteiger charge is 2.32. The predicted molar refractivity (Wildman–Crippen MR) is 103 cm³/mol. The Balaban J connectivity index is 1.54. The highest BCUT2D eigenvalue weighted by atomic mass is 16.5. The minimum Gasteiger partial charge on any atom is -0.383 e. The van der Waals surface area contributed by atoms with Crippen LogP contribution in [0.15, 0.2) is 30.3 Å². The Labute approximate surface area is 161 Å². The Morgan fingerprint density at radius 2 is 1.81 bits per heavy atom.